The summed E-state index contributed by atoms with van der Waals surface area (Å²) in [6, 6.07) is 10.5. The number of nitrogens with zero attached hydrogens (tertiary/aromatic N) is 7. The molecule has 0 aliphatic carbocycles. The number of hydrogen-bond donors (Lipinski definition) is 1. The third-order valence-corrected chi connectivity index (χ3v) is 4.71. The molecule has 8 nitrogen and oxygen atoms in total. The van der Waals surface area contributed by atoms with Crippen LogP contribution in [0.1, 0.15) is 11.5 Å². The van der Waals surface area contributed by atoms with Crippen molar-refractivity contribution >= 4 is 11.6 Å². The first kappa shape index (κ1) is 18.7. The van der Waals surface area contributed by atoms with E-state index in [-0.39, 0.29) is 23.9 Å². The molecule has 0 bridgehead atoms. The SMILES string of the molecule is Nc1nc(-c2ccc(F)cc2)c(-c2ccnnc2)c2nc(Cc3ncccc3F)nn12. The molecular formula is C21H14F2N8. The first-order valence-electron chi connectivity index (χ1n) is 9.27. The maximum atomic E-state index is 14.1. The summed E-state index contributed by atoms with van der Waals surface area (Å²) >= 11 is 0. The van der Waals surface area contributed by atoms with Crippen molar-refractivity contribution < 1.29 is 8.78 Å². The van der Waals surface area contributed by atoms with Gasteiger partial charge in [0, 0.05) is 17.3 Å². The van der Waals surface area contributed by atoms with Crippen molar-refractivity contribution in [3.8, 4) is 22.4 Å². The fraction of sp³-hybridized carbons (Fsp3) is 0.0476. The van der Waals surface area contributed by atoms with Gasteiger partial charge in [-0.05, 0) is 42.5 Å². The Morgan fingerprint density at radius 3 is 2.48 bits per heavy atom. The molecule has 4 aromatic heterocycles. The lowest BCUT2D eigenvalue weighted by atomic mass is 10.0. The summed E-state index contributed by atoms with van der Waals surface area (Å²) in [6.45, 7) is 0. The van der Waals surface area contributed by atoms with Crippen molar-refractivity contribution in [1.29, 1.82) is 0 Å². The van der Waals surface area contributed by atoms with E-state index in [1.807, 2.05) is 0 Å². The van der Waals surface area contributed by atoms with Crippen LogP contribution in [0.4, 0.5) is 14.7 Å². The van der Waals surface area contributed by atoms with Crippen LogP contribution in [0.5, 0.6) is 0 Å². The highest BCUT2D eigenvalue weighted by molar-refractivity contribution is 5.90. The van der Waals surface area contributed by atoms with Gasteiger partial charge in [-0.3, -0.25) is 4.98 Å². The van der Waals surface area contributed by atoms with Gasteiger partial charge < -0.3 is 5.73 Å². The Balaban J connectivity index is 1.74. The fourth-order valence-corrected chi connectivity index (χ4v) is 3.29. The Hall–Kier alpha value is -4.34. The van der Waals surface area contributed by atoms with Gasteiger partial charge in [0.05, 0.1) is 35.8 Å². The molecule has 5 rings (SSSR count). The lowest BCUT2D eigenvalue weighted by Gasteiger charge is -2.11. The molecule has 1 aromatic carbocycles. The maximum Gasteiger partial charge on any atom is 0.223 e. The Labute approximate surface area is 174 Å². The van der Waals surface area contributed by atoms with Crippen LogP contribution < -0.4 is 5.73 Å². The zero-order valence-electron chi connectivity index (χ0n) is 15.9. The molecule has 0 aliphatic heterocycles. The average molecular weight is 416 g/mol. The zero-order valence-corrected chi connectivity index (χ0v) is 15.9. The number of hydrogen-bond acceptors (Lipinski definition) is 7. The molecule has 0 atom stereocenters. The lowest BCUT2D eigenvalue weighted by molar-refractivity contribution is 0.601. The molecular weight excluding hydrogens is 402 g/mol. The number of benzene rings is 1. The van der Waals surface area contributed by atoms with Crippen LogP contribution in [0.3, 0.4) is 0 Å². The summed E-state index contributed by atoms with van der Waals surface area (Å²) in [6.07, 6.45) is 4.68. The molecule has 0 aliphatic rings. The summed E-state index contributed by atoms with van der Waals surface area (Å²) in [7, 11) is 0. The monoisotopic (exact) mass is 416 g/mol. The maximum absolute atomic E-state index is 14.1. The van der Waals surface area contributed by atoms with Gasteiger partial charge in [-0.15, -0.1) is 5.10 Å². The van der Waals surface area contributed by atoms with Crippen molar-refractivity contribution in [2.75, 3.05) is 5.73 Å². The highest BCUT2D eigenvalue weighted by Crippen LogP contribution is 2.34. The molecule has 152 valence electrons. The van der Waals surface area contributed by atoms with Crippen molar-refractivity contribution in [3.63, 3.8) is 0 Å². The number of nitrogens with two attached hydrogens (primary N) is 1. The van der Waals surface area contributed by atoms with E-state index in [0.717, 1.165) is 0 Å². The smallest absolute Gasteiger partial charge is 0.223 e. The molecule has 0 spiro atoms. The van der Waals surface area contributed by atoms with Crippen molar-refractivity contribution in [2.24, 2.45) is 0 Å². The standard InChI is InChI=1S/C21H14F2N8/c22-14-5-3-12(4-6-14)19-18(13-7-9-26-27-11-13)20-28-17(30-31(20)21(24)29-19)10-16-15(23)2-1-8-25-16/h1-9,11H,10H2,(H2,24,29). The quantitative estimate of drug-likeness (QED) is 0.480. The largest absolute Gasteiger partial charge is 0.368 e. The molecule has 0 fully saturated rings. The van der Waals surface area contributed by atoms with Gasteiger partial charge in [-0.25, -0.2) is 18.7 Å². The van der Waals surface area contributed by atoms with E-state index in [9.17, 15) is 8.78 Å². The second-order valence-corrected chi connectivity index (χ2v) is 6.70. The minimum Gasteiger partial charge on any atom is -0.368 e. The van der Waals surface area contributed by atoms with E-state index in [1.54, 1.807) is 24.4 Å². The molecule has 0 saturated carbocycles. The van der Waals surface area contributed by atoms with Gasteiger partial charge >= 0.3 is 0 Å². The highest BCUT2D eigenvalue weighted by Gasteiger charge is 2.21. The first-order valence-corrected chi connectivity index (χ1v) is 9.27. The summed E-state index contributed by atoms with van der Waals surface area (Å²) in [5.41, 5.74) is 9.19. The van der Waals surface area contributed by atoms with Crippen LogP contribution >= 0.6 is 0 Å². The van der Waals surface area contributed by atoms with E-state index in [1.165, 1.54) is 41.2 Å². The van der Waals surface area contributed by atoms with Crippen LogP contribution in [0.25, 0.3) is 28.0 Å². The number of pyridine rings is 1. The highest BCUT2D eigenvalue weighted by atomic mass is 19.1. The topological polar surface area (TPSA) is 108 Å². The number of halogens is 2. The molecule has 2 N–H and O–H groups in total. The Morgan fingerprint density at radius 2 is 1.74 bits per heavy atom. The third kappa shape index (κ3) is 3.44. The van der Waals surface area contributed by atoms with Crippen molar-refractivity contribution in [1.82, 2.24) is 34.8 Å². The van der Waals surface area contributed by atoms with Crippen LogP contribution in [0.15, 0.2) is 61.1 Å². The number of nitrogen functional groups attached to an aromatic ring is 1. The van der Waals surface area contributed by atoms with Crippen LogP contribution in [0, 0.1) is 11.6 Å². The predicted molar refractivity (Wildman–Crippen MR) is 109 cm³/mol. The molecule has 5 aromatic rings. The Morgan fingerprint density at radius 1 is 0.903 bits per heavy atom. The van der Waals surface area contributed by atoms with Crippen molar-refractivity contribution in [3.05, 3.63) is 84.2 Å². The van der Waals surface area contributed by atoms with Gasteiger partial charge in [-0.2, -0.15) is 14.7 Å². The molecule has 0 unspecified atom stereocenters. The molecule has 0 radical (unpaired) electrons. The number of rotatable bonds is 4. The van der Waals surface area contributed by atoms with Gasteiger partial charge in [-0.1, -0.05) is 0 Å². The summed E-state index contributed by atoms with van der Waals surface area (Å²) in [4.78, 5) is 13.1. The minimum absolute atomic E-state index is 0.0771. The van der Waals surface area contributed by atoms with Crippen LogP contribution in [0.2, 0.25) is 0 Å². The Bertz CT molecular complexity index is 1380. The number of aromatic nitrogens is 7. The van der Waals surface area contributed by atoms with E-state index in [2.05, 4.69) is 30.2 Å². The Kier molecular flexibility index (Phi) is 4.51. The van der Waals surface area contributed by atoms with Gasteiger partial charge in [0.15, 0.2) is 11.5 Å². The van der Waals surface area contributed by atoms with Gasteiger partial charge in [0.25, 0.3) is 0 Å². The van der Waals surface area contributed by atoms with Crippen molar-refractivity contribution in [2.45, 2.75) is 6.42 Å². The molecule has 0 amide bonds. The number of fused-ring (bicyclic) bond motifs is 1. The second kappa shape index (κ2) is 7.48. The van der Waals surface area contributed by atoms with Gasteiger partial charge in [0.2, 0.25) is 5.95 Å². The molecule has 4 heterocycles. The van der Waals surface area contributed by atoms with E-state index in [0.29, 0.717) is 33.9 Å². The van der Waals surface area contributed by atoms with E-state index < -0.39 is 5.82 Å². The van der Waals surface area contributed by atoms with Crippen LogP contribution in [-0.4, -0.2) is 34.8 Å². The molecule has 10 heteroatoms. The lowest BCUT2D eigenvalue weighted by Crippen LogP contribution is -2.06. The summed E-state index contributed by atoms with van der Waals surface area (Å²) < 4.78 is 28.9. The predicted octanol–water partition coefficient (Wildman–Crippen LogP) is 3.09. The van der Waals surface area contributed by atoms with E-state index >= 15 is 0 Å². The van der Waals surface area contributed by atoms with E-state index in [4.69, 9.17) is 5.73 Å². The molecule has 0 saturated heterocycles. The minimum atomic E-state index is -0.446. The van der Waals surface area contributed by atoms with Crippen LogP contribution in [-0.2, 0) is 6.42 Å². The average Bonchev–Trinajstić information content (AvgIpc) is 3.20. The third-order valence-electron chi connectivity index (χ3n) is 4.71. The zero-order chi connectivity index (χ0) is 21.4. The second-order valence-electron chi connectivity index (χ2n) is 6.70. The molecule has 31 heavy (non-hydrogen) atoms. The van der Waals surface area contributed by atoms with Gasteiger partial charge in [0.1, 0.15) is 11.6 Å². The first-order chi connectivity index (χ1) is 15.1. The number of anilines is 1. The summed E-state index contributed by atoms with van der Waals surface area (Å²) in [5.74, 6) is -0.406. The normalized spacial score (nSPS) is 11.2. The fourth-order valence-electron chi connectivity index (χ4n) is 3.29. The summed E-state index contributed by atoms with van der Waals surface area (Å²) in [5, 5.41) is 12.2.